The Hall–Kier alpha value is -1.53. The van der Waals surface area contributed by atoms with Gasteiger partial charge in [0.15, 0.2) is 0 Å². The third-order valence-corrected chi connectivity index (χ3v) is 1.45. The fourth-order valence-corrected chi connectivity index (χ4v) is 0.836. The molecule has 0 aliphatic carbocycles. The molecule has 0 unspecified atom stereocenters. The Morgan fingerprint density at radius 1 is 1.62 bits per heavy atom. The molecular formula is C10H12N2O. The van der Waals surface area contributed by atoms with E-state index in [4.69, 9.17) is 10.5 Å². The van der Waals surface area contributed by atoms with Crippen molar-refractivity contribution in [2.45, 2.75) is 6.42 Å². The molecular weight excluding hydrogens is 164 g/mol. The number of methoxy groups -OCH3 is 1. The molecule has 1 aromatic rings. The van der Waals surface area contributed by atoms with Gasteiger partial charge in [-0.2, -0.15) is 0 Å². The number of rotatable bonds is 2. The van der Waals surface area contributed by atoms with E-state index in [0.717, 1.165) is 5.56 Å². The minimum atomic E-state index is 0.583. The molecule has 0 aliphatic rings. The minimum absolute atomic E-state index is 0.583. The van der Waals surface area contributed by atoms with Crippen LogP contribution in [0.3, 0.4) is 0 Å². The van der Waals surface area contributed by atoms with E-state index in [1.165, 1.54) is 0 Å². The smallest absolute Gasteiger partial charge is 0.214 e. The van der Waals surface area contributed by atoms with Gasteiger partial charge >= 0.3 is 0 Å². The highest BCUT2D eigenvalue weighted by molar-refractivity contribution is 5.35. The summed E-state index contributed by atoms with van der Waals surface area (Å²) >= 11 is 0. The van der Waals surface area contributed by atoms with Crippen LogP contribution < -0.4 is 10.5 Å². The zero-order valence-corrected chi connectivity index (χ0v) is 7.58. The summed E-state index contributed by atoms with van der Waals surface area (Å²) < 4.78 is 4.96. The summed E-state index contributed by atoms with van der Waals surface area (Å²) in [4.78, 5) is 3.97. The van der Waals surface area contributed by atoms with E-state index in [1.807, 2.05) is 6.07 Å². The molecule has 1 rings (SSSR count). The molecule has 0 bridgehead atoms. The van der Waals surface area contributed by atoms with Crippen LogP contribution >= 0.6 is 0 Å². The number of aromatic nitrogens is 1. The lowest BCUT2D eigenvalue weighted by atomic mass is 10.2. The SMILES string of the molecule is COc1cc(C#CCCN)ccn1. The van der Waals surface area contributed by atoms with Gasteiger partial charge in [0.2, 0.25) is 5.88 Å². The standard InChI is InChI=1S/C10H12N2O/c1-13-10-8-9(5-7-12-10)4-2-3-6-11/h5,7-8H,3,6,11H2,1H3. The molecule has 0 aromatic carbocycles. The van der Waals surface area contributed by atoms with Crippen molar-refractivity contribution < 1.29 is 4.74 Å². The first kappa shape index (κ1) is 9.56. The second kappa shape index (κ2) is 5.18. The highest BCUT2D eigenvalue weighted by Crippen LogP contribution is 2.06. The number of pyridine rings is 1. The molecule has 3 heteroatoms. The molecule has 3 nitrogen and oxygen atoms in total. The first-order valence-electron chi connectivity index (χ1n) is 4.06. The van der Waals surface area contributed by atoms with Gasteiger partial charge in [-0.15, -0.1) is 0 Å². The Bertz CT molecular complexity index is 325. The highest BCUT2D eigenvalue weighted by Gasteiger charge is 1.91. The summed E-state index contributed by atoms with van der Waals surface area (Å²) in [5.41, 5.74) is 6.21. The maximum Gasteiger partial charge on any atom is 0.214 e. The summed E-state index contributed by atoms with van der Waals surface area (Å²) in [7, 11) is 1.58. The minimum Gasteiger partial charge on any atom is -0.481 e. The van der Waals surface area contributed by atoms with Crippen molar-refractivity contribution in [3.8, 4) is 17.7 Å². The molecule has 0 saturated carbocycles. The number of nitrogens with two attached hydrogens (primary N) is 1. The van der Waals surface area contributed by atoms with Gasteiger partial charge in [0.1, 0.15) is 0 Å². The molecule has 13 heavy (non-hydrogen) atoms. The van der Waals surface area contributed by atoms with Crippen LogP contribution in [0.25, 0.3) is 0 Å². The molecule has 0 amide bonds. The van der Waals surface area contributed by atoms with Crippen molar-refractivity contribution in [1.82, 2.24) is 4.98 Å². The van der Waals surface area contributed by atoms with E-state index in [0.29, 0.717) is 18.8 Å². The third-order valence-electron chi connectivity index (χ3n) is 1.45. The first-order chi connectivity index (χ1) is 6.36. The molecule has 0 fully saturated rings. The predicted molar refractivity (Wildman–Crippen MR) is 51.3 cm³/mol. The van der Waals surface area contributed by atoms with Crippen LogP contribution in [0.4, 0.5) is 0 Å². The molecule has 0 saturated heterocycles. The quantitative estimate of drug-likeness (QED) is 0.678. The molecule has 68 valence electrons. The van der Waals surface area contributed by atoms with Gasteiger partial charge in [-0.3, -0.25) is 0 Å². The Morgan fingerprint density at radius 2 is 2.46 bits per heavy atom. The lowest BCUT2D eigenvalue weighted by Crippen LogP contribution is -1.95. The van der Waals surface area contributed by atoms with Crippen LogP contribution in [-0.4, -0.2) is 18.6 Å². The summed E-state index contributed by atoms with van der Waals surface area (Å²) in [5.74, 6) is 6.50. The van der Waals surface area contributed by atoms with E-state index in [9.17, 15) is 0 Å². The second-order valence-corrected chi connectivity index (χ2v) is 2.43. The lowest BCUT2D eigenvalue weighted by molar-refractivity contribution is 0.398. The zero-order valence-electron chi connectivity index (χ0n) is 7.58. The van der Waals surface area contributed by atoms with Gasteiger partial charge in [-0.1, -0.05) is 11.8 Å². The molecule has 1 aromatic heterocycles. The van der Waals surface area contributed by atoms with Crippen molar-refractivity contribution in [2.75, 3.05) is 13.7 Å². The molecule has 1 heterocycles. The third kappa shape index (κ3) is 3.14. The number of hydrogen-bond donors (Lipinski definition) is 1. The maximum atomic E-state index is 5.31. The van der Waals surface area contributed by atoms with Gasteiger partial charge in [0.05, 0.1) is 7.11 Å². The van der Waals surface area contributed by atoms with Crippen LogP contribution in [0, 0.1) is 11.8 Å². The molecule has 0 aliphatic heterocycles. The number of hydrogen-bond acceptors (Lipinski definition) is 3. The van der Waals surface area contributed by atoms with Gasteiger partial charge in [0, 0.05) is 30.8 Å². The summed E-state index contributed by atoms with van der Waals surface area (Å²) in [5, 5.41) is 0. The molecule has 0 radical (unpaired) electrons. The number of ether oxygens (including phenoxy) is 1. The van der Waals surface area contributed by atoms with E-state index < -0.39 is 0 Å². The Kier molecular flexibility index (Phi) is 3.80. The van der Waals surface area contributed by atoms with Crippen LogP contribution in [0.5, 0.6) is 5.88 Å². The van der Waals surface area contributed by atoms with Crippen molar-refractivity contribution in [1.29, 1.82) is 0 Å². The zero-order chi connectivity index (χ0) is 9.52. The Morgan fingerprint density at radius 3 is 3.15 bits per heavy atom. The van der Waals surface area contributed by atoms with Crippen LogP contribution in [0.2, 0.25) is 0 Å². The van der Waals surface area contributed by atoms with E-state index in [2.05, 4.69) is 16.8 Å². The molecule has 0 atom stereocenters. The van der Waals surface area contributed by atoms with E-state index >= 15 is 0 Å². The molecule has 2 N–H and O–H groups in total. The maximum absolute atomic E-state index is 5.31. The number of nitrogens with zero attached hydrogens (tertiary/aromatic N) is 1. The van der Waals surface area contributed by atoms with Crippen molar-refractivity contribution in [3.05, 3.63) is 23.9 Å². The van der Waals surface area contributed by atoms with Gasteiger partial charge in [-0.05, 0) is 6.07 Å². The Balaban J connectivity index is 2.73. The van der Waals surface area contributed by atoms with Crippen molar-refractivity contribution in [3.63, 3.8) is 0 Å². The predicted octanol–water partition coefficient (Wildman–Crippen LogP) is 0.791. The topological polar surface area (TPSA) is 48.1 Å². The van der Waals surface area contributed by atoms with E-state index in [1.54, 1.807) is 19.4 Å². The van der Waals surface area contributed by atoms with Gasteiger partial charge < -0.3 is 10.5 Å². The highest BCUT2D eigenvalue weighted by atomic mass is 16.5. The summed E-state index contributed by atoms with van der Waals surface area (Å²) in [6, 6.07) is 3.63. The second-order valence-electron chi connectivity index (χ2n) is 2.43. The van der Waals surface area contributed by atoms with E-state index in [-0.39, 0.29) is 0 Å². The van der Waals surface area contributed by atoms with Gasteiger partial charge in [0.25, 0.3) is 0 Å². The Labute approximate surface area is 77.9 Å². The fourth-order valence-electron chi connectivity index (χ4n) is 0.836. The largest absolute Gasteiger partial charge is 0.481 e. The summed E-state index contributed by atoms with van der Waals surface area (Å²) in [6.07, 6.45) is 2.38. The van der Waals surface area contributed by atoms with Crippen LogP contribution in [0.1, 0.15) is 12.0 Å². The van der Waals surface area contributed by atoms with Crippen molar-refractivity contribution >= 4 is 0 Å². The van der Waals surface area contributed by atoms with Crippen molar-refractivity contribution in [2.24, 2.45) is 5.73 Å². The lowest BCUT2D eigenvalue weighted by Gasteiger charge is -1.96. The first-order valence-corrected chi connectivity index (χ1v) is 4.06. The average Bonchev–Trinajstić information content (AvgIpc) is 2.19. The monoisotopic (exact) mass is 176 g/mol. The normalized spacial score (nSPS) is 8.77. The van der Waals surface area contributed by atoms with Crippen LogP contribution in [-0.2, 0) is 0 Å². The molecule has 0 spiro atoms. The summed E-state index contributed by atoms with van der Waals surface area (Å²) in [6.45, 7) is 0.592. The fraction of sp³-hybridized carbons (Fsp3) is 0.300. The van der Waals surface area contributed by atoms with Gasteiger partial charge in [-0.25, -0.2) is 4.98 Å². The van der Waals surface area contributed by atoms with Crippen LogP contribution in [0.15, 0.2) is 18.3 Å². The average molecular weight is 176 g/mol.